The molecule has 0 radical (unpaired) electrons. The fourth-order valence-corrected chi connectivity index (χ4v) is 2.71. The molecule has 0 aliphatic carbocycles. The first-order chi connectivity index (χ1) is 12.5. The molecule has 8 nitrogen and oxygen atoms in total. The van der Waals surface area contributed by atoms with Gasteiger partial charge in [0.1, 0.15) is 0 Å². The average Bonchev–Trinajstić information content (AvgIpc) is 3.08. The second-order valence-electron chi connectivity index (χ2n) is 5.93. The van der Waals surface area contributed by atoms with Gasteiger partial charge in [0.2, 0.25) is 6.79 Å². The number of nitrogens with one attached hydrogen (secondary N) is 1. The van der Waals surface area contributed by atoms with E-state index in [9.17, 15) is 20.0 Å². The number of nitrogens with zero attached hydrogens (tertiary/aromatic N) is 1. The van der Waals surface area contributed by atoms with Gasteiger partial charge in [0.25, 0.3) is 11.6 Å². The highest BCUT2D eigenvalue weighted by molar-refractivity contribution is 5.94. The molecular formula is C18H18N2O6. The fraction of sp³-hybridized carbons (Fsp3) is 0.278. The van der Waals surface area contributed by atoms with Gasteiger partial charge >= 0.3 is 0 Å². The summed E-state index contributed by atoms with van der Waals surface area (Å²) in [6.07, 6.45) is -0.444. The van der Waals surface area contributed by atoms with Crippen LogP contribution in [0.4, 0.5) is 5.69 Å². The van der Waals surface area contributed by atoms with Gasteiger partial charge in [0, 0.05) is 23.7 Å². The minimum absolute atomic E-state index is 0.0280. The molecule has 1 aliphatic rings. The van der Waals surface area contributed by atoms with Gasteiger partial charge in [-0.25, -0.2) is 0 Å². The highest BCUT2D eigenvalue weighted by Gasteiger charge is 2.17. The molecule has 8 heteroatoms. The van der Waals surface area contributed by atoms with E-state index in [4.69, 9.17) is 9.47 Å². The van der Waals surface area contributed by atoms with Crippen LogP contribution in [0.1, 0.15) is 34.0 Å². The minimum atomic E-state index is -0.761. The van der Waals surface area contributed by atoms with Crippen molar-refractivity contribution in [1.82, 2.24) is 5.32 Å². The van der Waals surface area contributed by atoms with Crippen molar-refractivity contribution in [3.05, 3.63) is 63.2 Å². The largest absolute Gasteiger partial charge is 0.454 e. The molecule has 3 rings (SSSR count). The average molecular weight is 358 g/mol. The number of aliphatic hydroxyl groups excluding tert-OH is 1. The summed E-state index contributed by atoms with van der Waals surface area (Å²) in [6.45, 7) is 2.00. The molecule has 0 bridgehead atoms. The molecule has 2 N–H and O–H groups in total. The van der Waals surface area contributed by atoms with Gasteiger partial charge in [-0.3, -0.25) is 14.9 Å². The van der Waals surface area contributed by atoms with Crippen molar-refractivity contribution < 1.29 is 24.3 Å². The van der Waals surface area contributed by atoms with Gasteiger partial charge < -0.3 is 19.9 Å². The van der Waals surface area contributed by atoms with Crippen LogP contribution in [0.5, 0.6) is 11.5 Å². The number of hydrogen-bond acceptors (Lipinski definition) is 6. The summed E-state index contributed by atoms with van der Waals surface area (Å²) < 4.78 is 10.5. The molecule has 1 heterocycles. The summed E-state index contributed by atoms with van der Waals surface area (Å²) in [7, 11) is 0. The zero-order valence-corrected chi connectivity index (χ0v) is 14.1. The molecule has 0 aromatic heterocycles. The Bertz CT molecular complexity index is 852. The zero-order valence-electron chi connectivity index (χ0n) is 14.1. The molecule has 0 spiro atoms. The maximum atomic E-state index is 12.2. The third kappa shape index (κ3) is 3.75. The minimum Gasteiger partial charge on any atom is -0.454 e. The number of benzene rings is 2. The Kier molecular flexibility index (Phi) is 5.04. The van der Waals surface area contributed by atoms with Crippen molar-refractivity contribution in [3.63, 3.8) is 0 Å². The predicted molar refractivity (Wildman–Crippen MR) is 92.3 cm³/mol. The number of nitro benzene ring substituents is 1. The van der Waals surface area contributed by atoms with E-state index >= 15 is 0 Å². The third-order valence-corrected chi connectivity index (χ3v) is 4.14. The number of aryl methyl sites for hydroxylation is 1. The first-order valence-corrected chi connectivity index (χ1v) is 8.06. The lowest BCUT2D eigenvalue weighted by Gasteiger charge is -2.12. The standard InChI is InChI=1S/C18H18N2O6/c1-11-8-13(2-4-14(11)20(23)24)18(22)19-7-6-15(21)12-3-5-16-17(9-12)26-10-25-16/h2-5,8-9,15,21H,6-7,10H2,1H3,(H,19,22). The van der Waals surface area contributed by atoms with Crippen LogP contribution in [-0.4, -0.2) is 29.3 Å². The molecule has 1 aliphatic heterocycles. The lowest BCUT2D eigenvalue weighted by molar-refractivity contribution is -0.385. The van der Waals surface area contributed by atoms with E-state index < -0.39 is 11.0 Å². The van der Waals surface area contributed by atoms with Crippen molar-refractivity contribution in [2.24, 2.45) is 0 Å². The number of ether oxygens (including phenoxy) is 2. The molecule has 2 aromatic rings. The Balaban J connectivity index is 1.55. The summed E-state index contributed by atoms with van der Waals surface area (Å²) >= 11 is 0. The molecule has 26 heavy (non-hydrogen) atoms. The molecule has 0 saturated carbocycles. The summed E-state index contributed by atoms with van der Waals surface area (Å²) in [5.74, 6) is 0.885. The van der Waals surface area contributed by atoms with Crippen LogP contribution in [0.2, 0.25) is 0 Å². The number of amides is 1. The smallest absolute Gasteiger partial charge is 0.272 e. The van der Waals surface area contributed by atoms with Crippen molar-refractivity contribution in [3.8, 4) is 11.5 Å². The van der Waals surface area contributed by atoms with Gasteiger partial charge in [0.15, 0.2) is 11.5 Å². The van der Waals surface area contributed by atoms with E-state index in [0.717, 1.165) is 0 Å². The normalized spacial score (nSPS) is 13.3. The van der Waals surface area contributed by atoms with Crippen LogP contribution in [-0.2, 0) is 0 Å². The van der Waals surface area contributed by atoms with Crippen molar-refractivity contribution in [1.29, 1.82) is 0 Å². The second kappa shape index (κ2) is 7.40. The monoisotopic (exact) mass is 358 g/mol. The van der Waals surface area contributed by atoms with Crippen molar-refractivity contribution in [2.75, 3.05) is 13.3 Å². The van der Waals surface area contributed by atoms with E-state index in [1.165, 1.54) is 18.2 Å². The number of rotatable bonds is 6. The van der Waals surface area contributed by atoms with E-state index in [2.05, 4.69) is 5.32 Å². The van der Waals surface area contributed by atoms with Crippen molar-refractivity contribution in [2.45, 2.75) is 19.4 Å². The van der Waals surface area contributed by atoms with Crippen LogP contribution < -0.4 is 14.8 Å². The van der Waals surface area contributed by atoms with Gasteiger partial charge in [-0.1, -0.05) is 6.07 Å². The highest BCUT2D eigenvalue weighted by atomic mass is 16.7. The molecule has 1 atom stereocenters. The molecule has 2 aromatic carbocycles. The molecule has 0 fully saturated rings. The molecule has 136 valence electrons. The Hall–Kier alpha value is -3.13. The summed E-state index contributed by atoms with van der Waals surface area (Å²) in [5, 5.41) is 23.8. The van der Waals surface area contributed by atoms with E-state index in [1.54, 1.807) is 25.1 Å². The number of aliphatic hydroxyl groups is 1. The summed E-state index contributed by atoms with van der Waals surface area (Å²) in [4.78, 5) is 22.5. The van der Waals surface area contributed by atoms with Crippen molar-refractivity contribution >= 4 is 11.6 Å². The number of carbonyl (C=O) groups is 1. The first kappa shape index (κ1) is 17.7. The summed E-state index contributed by atoms with van der Waals surface area (Å²) in [5.41, 5.74) is 1.41. The highest BCUT2D eigenvalue weighted by Crippen LogP contribution is 2.34. The lowest BCUT2D eigenvalue weighted by atomic mass is 10.1. The van der Waals surface area contributed by atoms with Gasteiger partial charge in [-0.05, 0) is 43.2 Å². The molecule has 0 saturated heterocycles. The number of carbonyl (C=O) groups excluding carboxylic acids is 1. The Morgan fingerprint density at radius 2 is 2.04 bits per heavy atom. The third-order valence-electron chi connectivity index (χ3n) is 4.14. The fourth-order valence-electron chi connectivity index (χ4n) is 2.71. The maximum Gasteiger partial charge on any atom is 0.272 e. The Labute approximate surface area is 149 Å². The number of hydrogen-bond donors (Lipinski definition) is 2. The van der Waals surface area contributed by atoms with E-state index in [-0.39, 0.29) is 24.9 Å². The van der Waals surface area contributed by atoms with Crippen LogP contribution in [0, 0.1) is 17.0 Å². The molecular weight excluding hydrogens is 340 g/mol. The van der Waals surface area contributed by atoms with Gasteiger partial charge in [-0.15, -0.1) is 0 Å². The molecule has 1 amide bonds. The number of nitro groups is 1. The quantitative estimate of drug-likeness (QED) is 0.606. The first-order valence-electron chi connectivity index (χ1n) is 8.06. The lowest BCUT2D eigenvalue weighted by Crippen LogP contribution is -2.25. The van der Waals surface area contributed by atoms with Crippen LogP contribution in [0.15, 0.2) is 36.4 Å². The SMILES string of the molecule is Cc1cc(C(=O)NCCC(O)c2ccc3c(c2)OCO3)ccc1[N+](=O)[O-]. The van der Waals surface area contributed by atoms with E-state index in [0.29, 0.717) is 34.6 Å². The van der Waals surface area contributed by atoms with Crippen LogP contribution in [0.3, 0.4) is 0 Å². The zero-order chi connectivity index (χ0) is 18.7. The number of fused-ring (bicyclic) bond motifs is 1. The Morgan fingerprint density at radius 3 is 2.77 bits per heavy atom. The predicted octanol–water partition coefficient (Wildman–Crippen LogP) is 2.49. The second-order valence-corrected chi connectivity index (χ2v) is 5.93. The van der Waals surface area contributed by atoms with Gasteiger partial charge in [0.05, 0.1) is 11.0 Å². The molecule has 1 unspecified atom stereocenters. The van der Waals surface area contributed by atoms with Crippen LogP contribution in [0.25, 0.3) is 0 Å². The van der Waals surface area contributed by atoms with E-state index in [1.807, 2.05) is 0 Å². The summed E-state index contributed by atoms with van der Waals surface area (Å²) in [6, 6.07) is 9.40. The van der Waals surface area contributed by atoms with Crippen LogP contribution >= 0.6 is 0 Å². The maximum absolute atomic E-state index is 12.2. The van der Waals surface area contributed by atoms with Gasteiger partial charge in [-0.2, -0.15) is 0 Å². The topological polar surface area (TPSA) is 111 Å². The Morgan fingerprint density at radius 1 is 1.27 bits per heavy atom.